The lowest BCUT2D eigenvalue weighted by Crippen LogP contribution is -2.30. The molecule has 1 amide bonds. The van der Waals surface area contributed by atoms with E-state index in [4.69, 9.17) is 0 Å². The number of phenolic OH excluding ortho intramolecular Hbond substituents is 1. The first-order valence-electron chi connectivity index (χ1n) is 7.34. The van der Waals surface area contributed by atoms with E-state index in [0.717, 1.165) is 19.5 Å². The molecule has 3 rings (SSSR count). The quantitative estimate of drug-likeness (QED) is 0.727. The summed E-state index contributed by atoms with van der Waals surface area (Å²) in [5.41, 5.74) is 0.460. The molecule has 2 fully saturated rings. The molecule has 2 heterocycles. The molecule has 2 aliphatic rings. The SMILES string of the molecule is Cc1c(CC2CCNC2)cc(O)c(N2CC(=O)NS2(=O)=O)c1F. The van der Waals surface area contributed by atoms with Crippen molar-refractivity contribution in [3.05, 3.63) is 23.0 Å². The molecule has 2 saturated heterocycles. The summed E-state index contributed by atoms with van der Waals surface area (Å²) in [6, 6.07) is 1.39. The average Bonchev–Trinajstić information content (AvgIpc) is 3.04. The summed E-state index contributed by atoms with van der Waals surface area (Å²) in [4.78, 5) is 11.3. The van der Waals surface area contributed by atoms with Gasteiger partial charge in [-0.25, -0.2) is 13.4 Å². The maximum atomic E-state index is 14.7. The van der Waals surface area contributed by atoms with Crippen LogP contribution >= 0.6 is 0 Å². The highest BCUT2D eigenvalue weighted by Crippen LogP contribution is 2.37. The van der Waals surface area contributed by atoms with Crippen LogP contribution in [0.3, 0.4) is 0 Å². The Balaban J connectivity index is 1.99. The topological polar surface area (TPSA) is 98.7 Å². The Labute approximate surface area is 133 Å². The van der Waals surface area contributed by atoms with Crippen LogP contribution in [-0.4, -0.2) is 39.1 Å². The first kappa shape index (κ1) is 16.0. The van der Waals surface area contributed by atoms with Crippen molar-refractivity contribution in [3.63, 3.8) is 0 Å². The molecule has 0 aliphatic carbocycles. The Morgan fingerprint density at radius 3 is 2.78 bits per heavy atom. The van der Waals surface area contributed by atoms with Gasteiger partial charge in [0.1, 0.15) is 18.0 Å². The lowest BCUT2D eigenvalue weighted by atomic mass is 9.94. The number of carbonyl (C=O) groups is 1. The highest BCUT2D eigenvalue weighted by molar-refractivity contribution is 7.92. The van der Waals surface area contributed by atoms with Crippen LogP contribution in [0.5, 0.6) is 5.75 Å². The number of carbonyl (C=O) groups excluding carboxylic acids is 1. The van der Waals surface area contributed by atoms with Gasteiger partial charge in [-0.3, -0.25) is 4.79 Å². The van der Waals surface area contributed by atoms with Gasteiger partial charge in [0.25, 0.3) is 5.91 Å². The Hall–Kier alpha value is -1.87. The van der Waals surface area contributed by atoms with E-state index >= 15 is 0 Å². The third-order valence-corrected chi connectivity index (χ3v) is 5.69. The maximum Gasteiger partial charge on any atom is 0.326 e. The van der Waals surface area contributed by atoms with Gasteiger partial charge in [-0.1, -0.05) is 0 Å². The predicted molar refractivity (Wildman–Crippen MR) is 81.9 cm³/mol. The second-order valence-electron chi connectivity index (χ2n) is 5.94. The molecular weight excluding hydrogens is 325 g/mol. The van der Waals surface area contributed by atoms with Crippen molar-refractivity contribution < 1.29 is 22.7 Å². The number of nitrogens with zero attached hydrogens (tertiary/aromatic N) is 1. The molecular formula is C14H18FN3O4S. The van der Waals surface area contributed by atoms with E-state index in [1.54, 1.807) is 11.6 Å². The molecule has 1 atom stereocenters. The van der Waals surface area contributed by atoms with Crippen molar-refractivity contribution in [3.8, 4) is 5.75 Å². The van der Waals surface area contributed by atoms with Gasteiger partial charge in [0.05, 0.1) is 0 Å². The van der Waals surface area contributed by atoms with E-state index in [9.17, 15) is 22.7 Å². The molecule has 1 aromatic rings. The minimum absolute atomic E-state index is 0.291. The fourth-order valence-corrected chi connectivity index (χ4v) is 4.23. The smallest absolute Gasteiger partial charge is 0.326 e. The fourth-order valence-electron chi connectivity index (χ4n) is 3.07. The summed E-state index contributed by atoms with van der Waals surface area (Å²) in [5, 5.41) is 13.4. The van der Waals surface area contributed by atoms with Crippen LogP contribution in [-0.2, 0) is 21.4 Å². The number of anilines is 1. The number of aromatic hydroxyl groups is 1. The summed E-state index contributed by atoms with van der Waals surface area (Å²) in [5.74, 6) is -1.69. The zero-order chi connectivity index (χ0) is 16.8. The van der Waals surface area contributed by atoms with Gasteiger partial charge in [0.15, 0.2) is 5.82 Å². The third-order valence-electron chi connectivity index (χ3n) is 4.31. The van der Waals surface area contributed by atoms with Crippen molar-refractivity contribution in [2.24, 2.45) is 5.92 Å². The lowest BCUT2D eigenvalue weighted by molar-refractivity contribution is -0.117. The molecule has 23 heavy (non-hydrogen) atoms. The van der Waals surface area contributed by atoms with Crippen LogP contribution in [0.25, 0.3) is 0 Å². The molecule has 7 nitrogen and oxygen atoms in total. The van der Waals surface area contributed by atoms with E-state index in [1.807, 2.05) is 0 Å². The largest absolute Gasteiger partial charge is 0.506 e. The highest BCUT2D eigenvalue weighted by Gasteiger charge is 2.38. The van der Waals surface area contributed by atoms with E-state index in [0.29, 0.717) is 27.8 Å². The summed E-state index contributed by atoms with van der Waals surface area (Å²) in [7, 11) is -4.16. The molecule has 0 spiro atoms. The van der Waals surface area contributed by atoms with Crippen molar-refractivity contribution in [1.82, 2.24) is 10.0 Å². The van der Waals surface area contributed by atoms with E-state index in [2.05, 4.69) is 5.32 Å². The number of rotatable bonds is 3. The minimum atomic E-state index is -4.16. The third kappa shape index (κ3) is 2.86. The second-order valence-corrected chi connectivity index (χ2v) is 7.54. The summed E-state index contributed by atoms with van der Waals surface area (Å²) in [6.07, 6.45) is 1.58. The Kier molecular flexibility index (Phi) is 3.93. The van der Waals surface area contributed by atoms with Crippen LogP contribution < -0.4 is 14.3 Å². The maximum absolute atomic E-state index is 14.7. The number of hydrogen-bond donors (Lipinski definition) is 3. The number of hydrogen-bond acceptors (Lipinski definition) is 5. The Morgan fingerprint density at radius 1 is 1.48 bits per heavy atom. The van der Waals surface area contributed by atoms with Crippen LogP contribution in [0.2, 0.25) is 0 Å². The average molecular weight is 343 g/mol. The molecule has 0 aromatic heterocycles. The molecule has 1 aromatic carbocycles. The number of benzene rings is 1. The molecule has 0 radical (unpaired) electrons. The molecule has 0 saturated carbocycles. The summed E-state index contributed by atoms with van der Waals surface area (Å²) < 4.78 is 40.7. The van der Waals surface area contributed by atoms with E-state index in [1.165, 1.54) is 6.07 Å². The van der Waals surface area contributed by atoms with Crippen LogP contribution in [0.1, 0.15) is 17.5 Å². The summed E-state index contributed by atoms with van der Waals surface area (Å²) >= 11 is 0. The summed E-state index contributed by atoms with van der Waals surface area (Å²) in [6.45, 7) is 2.75. The van der Waals surface area contributed by atoms with Crippen molar-refractivity contribution in [2.75, 3.05) is 23.9 Å². The van der Waals surface area contributed by atoms with Crippen molar-refractivity contribution >= 4 is 21.8 Å². The molecule has 1 unspecified atom stereocenters. The number of halogens is 1. The Morgan fingerprint density at radius 2 is 2.22 bits per heavy atom. The number of amides is 1. The van der Waals surface area contributed by atoms with Gasteiger partial charge in [0, 0.05) is 0 Å². The van der Waals surface area contributed by atoms with Gasteiger partial charge in [-0.05, 0) is 56.0 Å². The molecule has 3 N–H and O–H groups in total. The predicted octanol–water partition coefficient (Wildman–Crippen LogP) is 0.173. The van der Waals surface area contributed by atoms with Gasteiger partial charge in [-0.15, -0.1) is 0 Å². The van der Waals surface area contributed by atoms with Gasteiger partial charge < -0.3 is 10.4 Å². The monoisotopic (exact) mass is 343 g/mol. The number of phenols is 1. The van der Waals surface area contributed by atoms with Gasteiger partial charge in [-0.2, -0.15) is 8.42 Å². The second kappa shape index (κ2) is 5.64. The van der Waals surface area contributed by atoms with Crippen LogP contribution in [0, 0.1) is 18.7 Å². The van der Waals surface area contributed by atoms with Crippen molar-refractivity contribution in [1.29, 1.82) is 0 Å². The molecule has 0 bridgehead atoms. The molecule has 2 aliphatic heterocycles. The standard InChI is InChI=1S/C14H18FN3O4S/c1-8-10(4-9-2-3-16-6-9)5-11(19)14(13(8)15)18-7-12(20)17-23(18,21)22/h5,9,16,19H,2-4,6-7H2,1H3,(H,17,20). The molecule has 126 valence electrons. The van der Waals surface area contributed by atoms with Crippen molar-refractivity contribution in [2.45, 2.75) is 19.8 Å². The Bertz CT molecular complexity index is 760. The molecule has 9 heteroatoms. The first-order chi connectivity index (χ1) is 10.8. The first-order valence-corrected chi connectivity index (χ1v) is 8.78. The minimum Gasteiger partial charge on any atom is -0.506 e. The van der Waals surface area contributed by atoms with E-state index < -0.39 is 39.9 Å². The number of nitrogens with one attached hydrogen (secondary N) is 2. The lowest BCUT2D eigenvalue weighted by Gasteiger charge is -2.20. The van der Waals surface area contributed by atoms with E-state index in [-0.39, 0.29) is 0 Å². The zero-order valence-corrected chi connectivity index (χ0v) is 13.4. The fraction of sp³-hybridized carbons (Fsp3) is 0.500. The normalized spacial score (nSPS) is 23.3. The highest BCUT2D eigenvalue weighted by atomic mass is 32.2. The van der Waals surface area contributed by atoms with Crippen LogP contribution in [0.15, 0.2) is 6.07 Å². The van der Waals surface area contributed by atoms with Gasteiger partial charge in [0.2, 0.25) is 0 Å². The van der Waals surface area contributed by atoms with Crippen LogP contribution in [0.4, 0.5) is 10.1 Å². The zero-order valence-electron chi connectivity index (χ0n) is 12.6. The van der Waals surface area contributed by atoms with Gasteiger partial charge >= 0.3 is 10.2 Å².